The quantitative estimate of drug-likeness (QED) is 0.683. The maximum atomic E-state index is 12.3. The SMILES string of the molecule is O=C(Nc1ccc(Cl)cc1)c1cc(NCc2ccc(Cl)cc2)ncn1. The third kappa shape index (κ3) is 4.92. The molecule has 25 heavy (non-hydrogen) atoms. The van der Waals surface area contributed by atoms with Crippen LogP contribution in [0.15, 0.2) is 60.9 Å². The molecule has 0 fully saturated rings. The van der Waals surface area contributed by atoms with E-state index in [0.29, 0.717) is 28.1 Å². The van der Waals surface area contributed by atoms with Gasteiger partial charge in [-0.3, -0.25) is 4.79 Å². The Balaban J connectivity index is 1.64. The number of benzene rings is 2. The Morgan fingerprint density at radius 1 is 0.920 bits per heavy atom. The van der Waals surface area contributed by atoms with Crippen molar-refractivity contribution in [2.45, 2.75) is 6.54 Å². The first-order chi connectivity index (χ1) is 12.1. The normalized spacial score (nSPS) is 10.3. The second-order valence-electron chi connectivity index (χ2n) is 5.23. The zero-order chi connectivity index (χ0) is 17.6. The lowest BCUT2D eigenvalue weighted by molar-refractivity contribution is 0.102. The van der Waals surface area contributed by atoms with Crippen LogP contribution in [0.1, 0.15) is 16.1 Å². The standard InChI is InChI=1S/C18H14Cl2N4O/c19-13-3-1-12(2-4-13)10-21-17-9-16(22-11-23-17)18(25)24-15-7-5-14(20)6-8-15/h1-9,11H,10H2,(H,24,25)(H,21,22,23). The molecule has 0 saturated heterocycles. The number of rotatable bonds is 5. The van der Waals surface area contributed by atoms with Gasteiger partial charge in [0.2, 0.25) is 0 Å². The van der Waals surface area contributed by atoms with Crippen LogP contribution < -0.4 is 10.6 Å². The summed E-state index contributed by atoms with van der Waals surface area (Å²) in [6.45, 7) is 0.562. The summed E-state index contributed by atoms with van der Waals surface area (Å²) in [5, 5.41) is 7.21. The summed E-state index contributed by atoms with van der Waals surface area (Å²) in [6, 6.07) is 15.9. The number of nitrogens with zero attached hydrogens (tertiary/aromatic N) is 2. The molecule has 1 aromatic heterocycles. The average Bonchev–Trinajstić information content (AvgIpc) is 2.63. The van der Waals surface area contributed by atoms with Crippen molar-refractivity contribution in [2.24, 2.45) is 0 Å². The molecular formula is C18H14Cl2N4O. The summed E-state index contributed by atoms with van der Waals surface area (Å²) in [7, 11) is 0. The zero-order valence-electron chi connectivity index (χ0n) is 13.0. The molecule has 3 rings (SSSR count). The molecule has 5 nitrogen and oxygen atoms in total. The van der Waals surface area contributed by atoms with Crippen LogP contribution in [0.2, 0.25) is 10.0 Å². The maximum Gasteiger partial charge on any atom is 0.274 e. The fourth-order valence-corrected chi connectivity index (χ4v) is 2.35. The van der Waals surface area contributed by atoms with Gasteiger partial charge < -0.3 is 10.6 Å². The van der Waals surface area contributed by atoms with Crippen LogP contribution in [-0.4, -0.2) is 15.9 Å². The molecule has 0 aliphatic heterocycles. The second-order valence-corrected chi connectivity index (χ2v) is 6.10. The summed E-state index contributed by atoms with van der Waals surface area (Å²) < 4.78 is 0. The second kappa shape index (κ2) is 7.96. The smallest absolute Gasteiger partial charge is 0.274 e. The molecule has 0 aliphatic carbocycles. The number of carbonyl (C=O) groups excluding carboxylic acids is 1. The predicted molar refractivity (Wildman–Crippen MR) is 100 cm³/mol. The van der Waals surface area contributed by atoms with Crippen molar-refractivity contribution in [3.63, 3.8) is 0 Å². The highest BCUT2D eigenvalue weighted by molar-refractivity contribution is 6.30. The van der Waals surface area contributed by atoms with E-state index in [2.05, 4.69) is 20.6 Å². The predicted octanol–water partition coefficient (Wildman–Crippen LogP) is 4.65. The van der Waals surface area contributed by atoms with Gasteiger partial charge in [0.05, 0.1) is 0 Å². The number of nitrogens with one attached hydrogen (secondary N) is 2. The van der Waals surface area contributed by atoms with Crippen LogP contribution in [0, 0.1) is 0 Å². The fourth-order valence-electron chi connectivity index (χ4n) is 2.10. The summed E-state index contributed by atoms with van der Waals surface area (Å²) in [5.41, 5.74) is 1.96. The maximum absolute atomic E-state index is 12.3. The van der Waals surface area contributed by atoms with Gasteiger partial charge in [0.15, 0.2) is 0 Å². The molecule has 126 valence electrons. The Bertz CT molecular complexity index is 867. The summed E-state index contributed by atoms with van der Waals surface area (Å²) in [6.07, 6.45) is 1.35. The Morgan fingerprint density at radius 2 is 1.56 bits per heavy atom. The van der Waals surface area contributed by atoms with E-state index in [0.717, 1.165) is 5.56 Å². The van der Waals surface area contributed by atoms with Gasteiger partial charge in [0.25, 0.3) is 5.91 Å². The third-order valence-electron chi connectivity index (χ3n) is 3.39. The van der Waals surface area contributed by atoms with E-state index in [9.17, 15) is 4.79 Å². The highest BCUT2D eigenvalue weighted by atomic mass is 35.5. The molecule has 0 unspecified atom stereocenters. The monoisotopic (exact) mass is 372 g/mol. The molecular weight excluding hydrogens is 359 g/mol. The van der Waals surface area contributed by atoms with Crippen molar-refractivity contribution >= 4 is 40.6 Å². The molecule has 2 aromatic carbocycles. The van der Waals surface area contributed by atoms with Crippen molar-refractivity contribution in [1.82, 2.24) is 9.97 Å². The molecule has 0 bridgehead atoms. The first-order valence-electron chi connectivity index (χ1n) is 7.47. The number of amides is 1. The van der Waals surface area contributed by atoms with E-state index in [4.69, 9.17) is 23.2 Å². The minimum Gasteiger partial charge on any atom is -0.366 e. The zero-order valence-corrected chi connectivity index (χ0v) is 14.6. The Hall–Kier alpha value is -2.63. The van der Waals surface area contributed by atoms with Gasteiger partial charge in [-0.2, -0.15) is 0 Å². The van der Waals surface area contributed by atoms with Crippen LogP contribution in [0.3, 0.4) is 0 Å². The van der Waals surface area contributed by atoms with Crippen LogP contribution in [0.4, 0.5) is 11.5 Å². The minimum absolute atomic E-state index is 0.267. The van der Waals surface area contributed by atoms with Crippen molar-refractivity contribution < 1.29 is 4.79 Å². The van der Waals surface area contributed by atoms with E-state index in [1.54, 1.807) is 30.3 Å². The molecule has 3 aromatic rings. The van der Waals surface area contributed by atoms with Crippen LogP contribution >= 0.6 is 23.2 Å². The molecule has 0 saturated carbocycles. The lowest BCUT2D eigenvalue weighted by atomic mass is 10.2. The lowest BCUT2D eigenvalue weighted by Crippen LogP contribution is -2.14. The Kier molecular flexibility index (Phi) is 5.48. The lowest BCUT2D eigenvalue weighted by Gasteiger charge is -2.08. The van der Waals surface area contributed by atoms with Gasteiger partial charge >= 0.3 is 0 Å². The number of carbonyl (C=O) groups is 1. The van der Waals surface area contributed by atoms with Gasteiger partial charge in [-0.05, 0) is 42.0 Å². The first-order valence-corrected chi connectivity index (χ1v) is 8.23. The van der Waals surface area contributed by atoms with Crippen molar-refractivity contribution in [2.75, 3.05) is 10.6 Å². The first kappa shape index (κ1) is 17.2. The molecule has 0 atom stereocenters. The van der Waals surface area contributed by atoms with E-state index < -0.39 is 0 Å². The number of hydrogen-bond acceptors (Lipinski definition) is 4. The summed E-state index contributed by atoms with van der Waals surface area (Å²) >= 11 is 11.7. The van der Waals surface area contributed by atoms with Gasteiger partial charge in [0, 0.05) is 28.3 Å². The Morgan fingerprint density at radius 3 is 2.24 bits per heavy atom. The molecule has 0 aliphatic rings. The summed E-state index contributed by atoms with van der Waals surface area (Å²) in [4.78, 5) is 20.4. The number of halogens is 2. The highest BCUT2D eigenvalue weighted by Gasteiger charge is 2.09. The average molecular weight is 373 g/mol. The molecule has 1 heterocycles. The third-order valence-corrected chi connectivity index (χ3v) is 3.89. The van der Waals surface area contributed by atoms with Gasteiger partial charge in [-0.1, -0.05) is 35.3 Å². The van der Waals surface area contributed by atoms with Crippen molar-refractivity contribution in [3.8, 4) is 0 Å². The molecule has 7 heteroatoms. The number of hydrogen-bond donors (Lipinski definition) is 2. The van der Waals surface area contributed by atoms with Gasteiger partial charge in [-0.15, -0.1) is 0 Å². The molecule has 0 spiro atoms. The van der Waals surface area contributed by atoms with Gasteiger partial charge in [-0.25, -0.2) is 9.97 Å². The van der Waals surface area contributed by atoms with Crippen molar-refractivity contribution in [3.05, 3.63) is 82.2 Å². The molecule has 0 radical (unpaired) electrons. The van der Waals surface area contributed by atoms with Crippen molar-refractivity contribution in [1.29, 1.82) is 0 Å². The molecule has 1 amide bonds. The largest absolute Gasteiger partial charge is 0.366 e. The Labute approximate surface area is 155 Å². The minimum atomic E-state index is -0.320. The van der Waals surface area contributed by atoms with E-state index >= 15 is 0 Å². The van der Waals surface area contributed by atoms with E-state index in [1.165, 1.54) is 6.33 Å². The highest BCUT2D eigenvalue weighted by Crippen LogP contribution is 2.15. The van der Waals surface area contributed by atoms with Crippen LogP contribution in [0.5, 0.6) is 0 Å². The fraction of sp³-hybridized carbons (Fsp3) is 0.0556. The van der Waals surface area contributed by atoms with E-state index in [1.807, 2.05) is 24.3 Å². The van der Waals surface area contributed by atoms with Gasteiger partial charge in [0.1, 0.15) is 17.8 Å². The topological polar surface area (TPSA) is 66.9 Å². The van der Waals surface area contributed by atoms with Crippen LogP contribution in [0.25, 0.3) is 0 Å². The van der Waals surface area contributed by atoms with Crippen LogP contribution in [-0.2, 0) is 6.54 Å². The summed E-state index contributed by atoms with van der Waals surface area (Å²) in [5.74, 6) is 0.241. The molecule has 2 N–H and O–H groups in total. The number of anilines is 2. The number of aromatic nitrogens is 2. The van der Waals surface area contributed by atoms with E-state index in [-0.39, 0.29) is 11.6 Å².